The molecule has 3 heteroatoms. The van der Waals surface area contributed by atoms with Gasteiger partial charge in [-0.2, -0.15) is 0 Å². The van der Waals surface area contributed by atoms with E-state index in [2.05, 4.69) is 36.1 Å². The quantitative estimate of drug-likeness (QED) is 0.797. The topological polar surface area (TPSA) is 23.6 Å². The molecule has 3 nitrogen and oxygen atoms in total. The van der Waals surface area contributed by atoms with Gasteiger partial charge in [0.1, 0.15) is 0 Å². The molecule has 2 rings (SSSR count). The summed E-state index contributed by atoms with van der Waals surface area (Å²) >= 11 is 0. The summed E-state index contributed by atoms with van der Waals surface area (Å²) in [6.45, 7) is 8.61. The van der Waals surface area contributed by atoms with Crippen LogP contribution in [0.15, 0.2) is 24.3 Å². The van der Waals surface area contributed by atoms with E-state index in [1.807, 2.05) is 4.90 Å². The number of carbonyl (C=O) groups is 1. The van der Waals surface area contributed by atoms with E-state index in [1.165, 1.54) is 11.1 Å². The van der Waals surface area contributed by atoms with Gasteiger partial charge in [-0.1, -0.05) is 29.8 Å². The first-order valence-corrected chi connectivity index (χ1v) is 6.68. The Morgan fingerprint density at radius 3 is 2.78 bits per heavy atom. The molecule has 0 spiro atoms. The van der Waals surface area contributed by atoms with Crippen LogP contribution in [0.2, 0.25) is 0 Å². The average Bonchev–Trinajstić information content (AvgIpc) is 2.55. The number of benzene rings is 1. The lowest BCUT2D eigenvalue weighted by molar-refractivity contribution is -0.128. The Hall–Kier alpha value is -1.35. The molecular weight excluding hydrogens is 224 g/mol. The van der Waals surface area contributed by atoms with E-state index in [0.29, 0.717) is 0 Å². The van der Waals surface area contributed by atoms with Crippen molar-refractivity contribution in [3.8, 4) is 0 Å². The second kappa shape index (κ2) is 6.01. The summed E-state index contributed by atoms with van der Waals surface area (Å²) in [5.41, 5.74) is 2.68. The van der Waals surface area contributed by atoms with Crippen molar-refractivity contribution in [1.29, 1.82) is 0 Å². The van der Waals surface area contributed by atoms with Crippen LogP contribution in [0, 0.1) is 6.92 Å². The lowest BCUT2D eigenvalue weighted by Gasteiger charge is -2.21. The summed E-state index contributed by atoms with van der Waals surface area (Å²) < 4.78 is 0. The molecule has 0 aromatic heterocycles. The number of carbonyl (C=O) groups excluding carboxylic acids is 1. The number of hydrogen-bond acceptors (Lipinski definition) is 2. The summed E-state index contributed by atoms with van der Waals surface area (Å²) in [5, 5.41) is 0. The molecular formula is C15H22N2O. The molecule has 1 saturated heterocycles. The summed E-state index contributed by atoms with van der Waals surface area (Å²) in [5.74, 6) is 0.201. The second-order valence-corrected chi connectivity index (χ2v) is 5.12. The fraction of sp³-hybridized carbons (Fsp3) is 0.533. The van der Waals surface area contributed by atoms with Gasteiger partial charge in [0, 0.05) is 39.6 Å². The summed E-state index contributed by atoms with van der Waals surface area (Å²) in [6.07, 6.45) is 1.07. The standard InChI is InChI=1S/C15H22N2O/c1-13-5-3-6-15(11-13)12-16-7-4-8-17(10-9-16)14(2)18/h3,5-6,11H,4,7-10,12H2,1-2H3. The highest BCUT2D eigenvalue weighted by Crippen LogP contribution is 2.10. The predicted molar refractivity (Wildman–Crippen MR) is 73.3 cm³/mol. The Morgan fingerprint density at radius 2 is 2.06 bits per heavy atom. The Kier molecular flexibility index (Phi) is 4.37. The highest BCUT2D eigenvalue weighted by molar-refractivity contribution is 5.73. The molecule has 0 saturated carbocycles. The van der Waals surface area contributed by atoms with Crippen LogP contribution < -0.4 is 0 Å². The summed E-state index contributed by atoms with van der Waals surface area (Å²) in [4.78, 5) is 15.8. The molecule has 18 heavy (non-hydrogen) atoms. The molecule has 0 aliphatic carbocycles. The Labute approximate surface area is 109 Å². The molecule has 1 fully saturated rings. The van der Waals surface area contributed by atoms with Gasteiger partial charge in [-0.15, -0.1) is 0 Å². The normalized spacial score (nSPS) is 17.6. The second-order valence-electron chi connectivity index (χ2n) is 5.12. The first kappa shape index (κ1) is 13.1. The molecule has 98 valence electrons. The van der Waals surface area contributed by atoms with Crippen molar-refractivity contribution in [3.05, 3.63) is 35.4 Å². The first-order chi connectivity index (χ1) is 8.65. The van der Waals surface area contributed by atoms with E-state index < -0.39 is 0 Å². The van der Waals surface area contributed by atoms with E-state index >= 15 is 0 Å². The fourth-order valence-corrected chi connectivity index (χ4v) is 2.51. The van der Waals surface area contributed by atoms with Crippen LogP contribution in [0.3, 0.4) is 0 Å². The zero-order valence-corrected chi connectivity index (χ0v) is 11.4. The van der Waals surface area contributed by atoms with Crippen LogP contribution >= 0.6 is 0 Å². The molecule has 1 aromatic carbocycles. The first-order valence-electron chi connectivity index (χ1n) is 6.68. The van der Waals surface area contributed by atoms with Gasteiger partial charge in [-0.3, -0.25) is 9.69 Å². The highest BCUT2D eigenvalue weighted by Gasteiger charge is 2.16. The summed E-state index contributed by atoms with van der Waals surface area (Å²) in [6, 6.07) is 8.67. The SMILES string of the molecule is CC(=O)N1CCCN(Cc2cccc(C)c2)CC1. The van der Waals surface area contributed by atoms with E-state index in [4.69, 9.17) is 0 Å². The lowest BCUT2D eigenvalue weighted by Crippen LogP contribution is -2.33. The monoisotopic (exact) mass is 246 g/mol. The minimum atomic E-state index is 0.201. The number of rotatable bonds is 2. The Balaban J connectivity index is 1.92. The molecule has 1 aliphatic rings. The number of amides is 1. The van der Waals surface area contributed by atoms with Crippen molar-refractivity contribution in [2.45, 2.75) is 26.8 Å². The Morgan fingerprint density at radius 1 is 1.22 bits per heavy atom. The molecule has 0 atom stereocenters. The van der Waals surface area contributed by atoms with Crippen LogP contribution in [0.1, 0.15) is 24.5 Å². The summed E-state index contributed by atoms with van der Waals surface area (Å²) in [7, 11) is 0. The maximum atomic E-state index is 11.4. The van der Waals surface area contributed by atoms with Gasteiger partial charge in [-0.25, -0.2) is 0 Å². The van der Waals surface area contributed by atoms with Crippen LogP contribution in [-0.4, -0.2) is 41.9 Å². The van der Waals surface area contributed by atoms with Crippen molar-refractivity contribution in [2.75, 3.05) is 26.2 Å². The molecule has 0 bridgehead atoms. The molecule has 1 aromatic rings. The van der Waals surface area contributed by atoms with Crippen LogP contribution in [0.25, 0.3) is 0 Å². The van der Waals surface area contributed by atoms with Gasteiger partial charge >= 0.3 is 0 Å². The average molecular weight is 246 g/mol. The largest absolute Gasteiger partial charge is 0.342 e. The molecule has 1 heterocycles. The molecule has 0 unspecified atom stereocenters. The van der Waals surface area contributed by atoms with E-state index in [1.54, 1.807) is 6.92 Å². The zero-order valence-electron chi connectivity index (χ0n) is 11.4. The van der Waals surface area contributed by atoms with Crippen molar-refractivity contribution in [1.82, 2.24) is 9.80 Å². The number of hydrogen-bond donors (Lipinski definition) is 0. The van der Waals surface area contributed by atoms with E-state index in [0.717, 1.165) is 39.1 Å². The fourth-order valence-electron chi connectivity index (χ4n) is 2.51. The predicted octanol–water partition coefficient (Wildman–Crippen LogP) is 2.05. The van der Waals surface area contributed by atoms with Gasteiger partial charge in [0.25, 0.3) is 0 Å². The highest BCUT2D eigenvalue weighted by atomic mass is 16.2. The third-order valence-corrected chi connectivity index (χ3v) is 3.52. The van der Waals surface area contributed by atoms with Crippen LogP contribution in [-0.2, 0) is 11.3 Å². The lowest BCUT2D eigenvalue weighted by atomic mass is 10.1. The van der Waals surface area contributed by atoms with Gasteiger partial charge in [0.05, 0.1) is 0 Å². The zero-order chi connectivity index (χ0) is 13.0. The van der Waals surface area contributed by atoms with Crippen LogP contribution in [0.5, 0.6) is 0 Å². The molecule has 1 aliphatic heterocycles. The minimum Gasteiger partial charge on any atom is -0.342 e. The van der Waals surface area contributed by atoms with Gasteiger partial charge in [0.2, 0.25) is 5.91 Å². The van der Waals surface area contributed by atoms with Crippen molar-refractivity contribution < 1.29 is 4.79 Å². The van der Waals surface area contributed by atoms with E-state index in [-0.39, 0.29) is 5.91 Å². The molecule has 1 amide bonds. The minimum absolute atomic E-state index is 0.201. The van der Waals surface area contributed by atoms with E-state index in [9.17, 15) is 4.79 Å². The smallest absolute Gasteiger partial charge is 0.219 e. The van der Waals surface area contributed by atoms with Crippen molar-refractivity contribution in [2.24, 2.45) is 0 Å². The Bertz CT molecular complexity index is 417. The number of aryl methyl sites for hydroxylation is 1. The van der Waals surface area contributed by atoms with Gasteiger partial charge in [0.15, 0.2) is 0 Å². The van der Waals surface area contributed by atoms with Crippen molar-refractivity contribution in [3.63, 3.8) is 0 Å². The third-order valence-electron chi connectivity index (χ3n) is 3.52. The molecule has 0 radical (unpaired) electrons. The number of nitrogens with zero attached hydrogens (tertiary/aromatic N) is 2. The van der Waals surface area contributed by atoms with Gasteiger partial charge in [-0.05, 0) is 18.9 Å². The third kappa shape index (κ3) is 3.57. The maximum Gasteiger partial charge on any atom is 0.219 e. The molecule has 0 N–H and O–H groups in total. The van der Waals surface area contributed by atoms with Gasteiger partial charge < -0.3 is 4.90 Å². The maximum absolute atomic E-state index is 11.4. The van der Waals surface area contributed by atoms with Crippen molar-refractivity contribution >= 4 is 5.91 Å². The van der Waals surface area contributed by atoms with Crippen LogP contribution in [0.4, 0.5) is 0 Å².